The number of hydrogen-bond acceptors (Lipinski definition) is 9. The Kier molecular flexibility index (Phi) is 8.74. The SMILES string of the molecule is COC1(Nc2ncccn2)CCCCN1c1cccc(C(=O)NC[C@H](NS(=O)(=O)c2ccccc2)C(=O)O)c1. The number of carbonyl (C=O) groups is 2. The van der Waals surface area contributed by atoms with Crippen LogP contribution < -0.4 is 20.3 Å². The highest BCUT2D eigenvalue weighted by Crippen LogP contribution is 2.34. The van der Waals surface area contributed by atoms with E-state index in [-0.39, 0.29) is 10.5 Å². The summed E-state index contributed by atoms with van der Waals surface area (Å²) in [6.07, 6.45) is 5.70. The van der Waals surface area contributed by atoms with Gasteiger partial charge in [0, 0.05) is 50.3 Å². The van der Waals surface area contributed by atoms with E-state index in [1.165, 1.54) is 24.3 Å². The van der Waals surface area contributed by atoms with Gasteiger partial charge in [-0.3, -0.25) is 9.59 Å². The molecule has 0 bridgehead atoms. The first-order valence-corrected chi connectivity index (χ1v) is 13.8. The van der Waals surface area contributed by atoms with Gasteiger partial charge >= 0.3 is 5.97 Å². The molecule has 2 heterocycles. The summed E-state index contributed by atoms with van der Waals surface area (Å²) in [4.78, 5) is 35.2. The van der Waals surface area contributed by atoms with Crippen LogP contribution in [0.2, 0.25) is 0 Å². The Labute approximate surface area is 226 Å². The van der Waals surface area contributed by atoms with Crippen LogP contribution in [-0.2, 0) is 19.6 Å². The van der Waals surface area contributed by atoms with Crippen molar-refractivity contribution < 1.29 is 27.9 Å². The number of ether oxygens (including phenoxy) is 1. The lowest BCUT2D eigenvalue weighted by Crippen LogP contribution is -2.59. The van der Waals surface area contributed by atoms with E-state index in [0.717, 1.165) is 12.8 Å². The fraction of sp³-hybridized carbons (Fsp3) is 0.308. The summed E-state index contributed by atoms with van der Waals surface area (Å²) >= 11 is 0. The van der Waals surface area contributed by atoms with Crippen LogP contribution in [0.5, 0.6) is 0 Å². The Morgan fingerprint density at radius 3 is 2.51 bits per heavy atom. The smallest absolute Gasteiger partial charge is 0.323 e. The minimum atomic E-state index is -4.10. The Hall–Kier alpha value is -4.07. The molecule has 1 saturated heterocycles. The second kappa shape index (κ2) is 12.2. The van der Waals surface area contributed by atoms with Crippen molar-refractivity contribution in [3.63, 3.8) is 0 Å². The quantitative estimate of drug-likeness (QED) is 0.258. The largest absolute Gasteiger partial charge is 0.480 e. The van der Waals surface area contributed by atoms with Gasteiger partial charge in [-0.05, 0) is 49.2 Å². The predicted octanol–water partition coefficient (Wildman–Crippen LogP) is 2.04. The van der Waals surface area contributed by atoms with Crippen LogP contribution in [0.4, 0.5) is 11.6 Å². The van der Waals surface area contributed by atoms with Gasteiger partial charge < -0.3 is 25.4 Å². The van der Waals surface area contributed by atoms with E-state index in [2.05, 4.69) is 25.3 Å². The maximum absolute atomic E-state index is 13.0. The lowest BCUT2D eigenvalue weighted by atomic mass is 10.0. The molecule has 2 aromatic carbocycles. The number of hydrogen-bond donors (Lipinski definition) is 4. The van der Waals surface area contributed by atoms with E-state index in [4.69, 9.17) is 4.74 Å². The van der Waals surface area contributed by atoms with Crippen molar-refractivity contribution in [1.29, 1.82) is 0 Å². The Morgan fingerprint density at radius 1 is 1.08 bits per heavy atom. The predicted molar refractivity (Wildman–Crippen MR) is 144 cm³/mol. The number of anilines is 2. The van der Waals surface area contributed by atoms with E-state index in [1.807, 2.05) is 11.0 Å². The van der Waals surface area contributed by atoms with Crippen LogP contribution in [-0.4, -0.2) is 67.5 Å². The summed E-state index contributed by atoms with van der Waals surface area (Å²) in [5.41, 5.74) is 0.973. The molecule has 0 aliphatic carbocycles. The van der Waals surface area contributed by atoms with Crippen molar-refractivity contribution in [3.05, 3.63) is 78.6 Å². The van der Waals surface area contributed by atoms with Gasteiger partial charge in [-0.15, -0.1) is 0 Å². The third-order valence-electron chi connectivity index (χ3n) is 6.33. The fourth-order valence-electron chi connectivity index (χ4n) is 4.37. The van der Waals surface area contributed by atoms with Crippen LogP contribution >= 0.6 is 0 Å². The maximum atomic E-state index is 13.0. The van der Waals surface area contributed by atoms with Gasteiger partial charge in [0.2, 0.25) is 21.8 Å². The summed E-state index contributed by atoms with van der Waals surface area (Å²) in [6.45, 7) is 0.185. The zero-order chi connectivity index (χ0) is 27.9. The molecule has 2 atom stereocenters. The number of nitrogens with zero attached hydrogens (tertiary/aromatic N) is 3. The molecule has 0 radical (unpaired) electrons. The van der Waals surface area contributed by atoms with Crippen LogP contribution in [0.3, 0.4) is 0 Å². The maximum Gasteiger partial charge on any atom is 0.323 e. The number of benzene rings is 2. The Morgan fingerprint density at radius 2 is 1.82 bits per heavy atom. The number of carbonyl (C=O) groups excluding carboxylic acids is 1. The molecule has 0 spiro atoms. The highest BCUT2D eigenvalue weighted by atomic mass is 32.2. The number of aliphatic carboxylic acids is 1. The molecule has 3 aromatic rings. The summed E-state index contributed by atoms with van der Waals surface area (Å²) in [6, 6.07) is 14.4. The monoisotopic (exact) mass is 554 g/mol. The minimum Gasteiger partial charge on any atom is -0.480 e. The number of amides is 1. The van der Waals surface area contributed by atoms with Gasteiger partial charge in [0.15, 0.2) is 0 Å². The van der Waals surface area contributed by atoms with Crippen LogP contribution in [0, 0.1) is 0 Å². The number of rotatable bonds is 11. The molecule has 1 aliphatic heterocycles. The zero-order valence-electron chi connectivity index (χ0n) is 21.3. The van der Waals surface area contributed by atoms with Gasteiger partial charge in [-0.2, -0.15) is 4.72 Å². The molecule has 39 heavy (non-hydrogen) atoms. The molecular weight excluding hydrogens is 524 g/mol. The summed E-state index contributed by atoms with van der Waals surface area (Å²) < 4.78 is 33.2. The first kappa shape index (κ1) is 28.0. The first-order chi connectivity index (χ1) is 18.7. The van der Waals surface area contributed by atoms with E-state index in [0.29, 0.717) is 24.6 Å². The van der Waals surface area contributed by atoms with Gasteiger partial charge in [0.05, 0.1) is 4.90 Å². The molecule has 4 rings (SSSR count). The average Bonchev–Trinajstić information content (AvgIpc) is 2.96. The number of piperidine rings is 1. The van der Waals surface area contributed by atoms with E-state index in [9.17, 15) is 23.1 Å². The molecule has 1 amide bonds. The normalized spacial score (nSPS) is 18.2. The van der Waals surface area contributed by atoms with Crippen molar-refractivity contribution in [2.75, 3.05) is 30.4 Å². The molecule has 0 saturated carbocycles. The molecule has 1 aliphatic rings. The summed E-state index contributed by atoms with van der Waals surface area (Å²) in [7, 11) is -2.51. The molecule has 1 unspecified atom stereocenters. The summed E-state index contributed by atoms with van der Waals surface area (Å²) in [5, 5.41) is 15.4. The lowest BCUT2D eigenvalue weighted by Gasteiger charge is -2.47. The third-order valence-corrected chi connectivity index (χ3v) is 7.82. The van der Waals surface area contributed by atoms with Crippen LogP contribution in [0.15, 0.2) is 78.0 Å². The van der Waals surface area contributed by atoms with Crippen LogP contribution in [0.25, 0.3) is 0 Å². The number of aromatic nitrogens is 2. The zero-order valence-corrected chi connectivity index (χ0v) is 22.1. The number of sulfonamides is 1. The second-order valence-electron chi connectivity index (χ2n) is 8.88. The van der Waals surface area contributed by atoms with E-state index in [1.54, 1.807) is 49.8 Å². The number of nitrogens with one attached hydrogen (secondary N) is 3. The number of carboxylic acid groups (broad SMARTS) is 1. The van der Waals surface area contributed by atoms with Crippen molar-refractivity contribution in [2.45, 2.75) is 36.0 Å². The fourth-order valence-corrected chi connectivity index (χ4v) is 5.58. The van der Waals surface area contributed by atoms with Gasteiger partial charge in [0.25, 0.3) is 5.91 Å². The third kappa shape index (κ3) is 6.69. The minimum absolute atomic E-state index is 0.0760. The van der Waals surface area contributed by atoms with Crippen molar-refractivity contribution in [3.8, 4) is 0 Å². The second-order valence-corrected chi connectivity index (χ2v) is 10.6. The molecule has 4 N–H and O–H groups in total. The lowest BCUT2D eigenvalue weighted by molar-refractivity contribution is -0.138. The summed E-state index contributed by atoms with van der Waals surface area (Å²) in [5.74, 6) is -2.52. The Bertz CT molecular complexity index is 1390. The Balaban J connectivity index is 1.49. The molecule has 13 heteroatoms. The van der Waals surface area contributed by atoms with Crippen molar-refractivity contribution in [1.82, 2.24) is 20.0 Å². The van der Waals surface area contributed by atoms with Crippen molar-refractivity contribution in [2.24, 2.45) is 0 Å². The van der Waals surface area contributed by atoms with Gasteiger partial charge in [-0.1, -0.05) is 24.3 Å². The first-order valence-electron chi connectivity index (χ1n) is 12.3. The molecule has 1 fully saturated rings. The van der Waals surface area contributed by atoms with Gasteiger partial charge in [-0.25, -0.2) is 18.4 Å². The number of methoxy groups -OCH3 is 1. The topological polar surface area (TPSA) is 163 Å². The highest BCUT2D eigenvalue weighted by molar-refractivity contribution is 7.89. The van der Waals surface area contributed by atoms with Gasteiger partial charge in [0.1, 0.15) is 6.04 Å². The average molecular weight is 555 g/mol. The number of carboxylic acids is 1. The molecule has 1 aromatic heterocycles. The van der Waals surface area contributed by atoms with Crippen LogP contribution in [0.1, 0.15) is 29.6 Å². The highest BCUT2D eigenvalue weighted by Gasteiger charge is 2.40. The molecular formula is C26H30N6O6S. The van der Waals surface area contributed by atoms with Crippen molar-refractivity contribution >= 4 is 33.5 Å². The standard InChI is InChI=1S/C26H30N6O6S/c1-38-26(30-25-27-14-8-15-28-25)13-5-6-16-32(26)20-10-7-9-19(17-20)23(33)29-18-22(24(34)35)31-39(36,37)21-11-3-2-4-12-21/h2-4,7-12,14-15,17,22,31H,5-6,13,16,18H2,1H3,(H,29,33)(H,34,35)(H,27,28,30)/t22-,26?/m0/s1. The van der Waals surface area contributed by atoms with E-state index < -0.39 is 40.3 Å². The van der Waals surface area contributed by atoms with E-state index >= 15 is 0 Å². The molecule has 206 valence electrons. The molecule has 12 nitrogen and oxygen atoms in total.